The predicted molar refractivity (Wildman–Crippen MR) is 33.8 cm³/mol. The Labute approximate surface area is 52.6 Å². The van der Waals surface area contributed by atoms with Gasteiger partial charge in [-0.05, 0) is 18.8 Å². The van der Waals surface area contributed by atoms with Gasteiger partial charge in [0.1, 0.15) is 11.5 Å². The zero-order chi connectivity index (χ0) is 5.56. The minimum Gasteiger partial charge on any atom is -0.616 e. The first-order chi connectivity index (χ1) is 3.86. The molecule has 8 heavy (non-hydrogen) atoms. The maximum atomic E-state index is 10.5. The van der Waals surface area contributed by atoms with Gasteiger partial charge in [-0.3, -0.25) is 0 Å². The maximum absolute atomic E-state index is 10.5. The lowest BCUT2D eigenvalue weighted by Gasteiger charge is -2.28. The lowest BCUT2D eigenvalue weighted by Crippen LogP contribution is -2.36. The van der Waals surface area contributed by atoms with Gasteiger partial charge in [-0.1, -0.05) is 11.2 Å². The molecule has 0 spiro atoms. The van der Waals surface area contributed by atoms with E-state index in [-0.39, 0.29) is 0 Å². The molecule has 0 atom stereocenters. The summed E-state index contributed by atoms with van der Waals surface area (Å²) in [7, 11) is 0. The van der Waals surface area contributed by atoms with E-state index in [2.05, 4.69) is 0 Å². The monoisotopic (exact) mass is 129 g/mol. The number of hydrogen-bond acceptors (Lipinski definition) is 1. The van der Waals surface area contributed by atoms with Crippen molar-refractivity contribution in [2.24, 2.45) is 5.92 Å². The molecule has 0 unspecified atom stereocenters. The molecule has 2 rings (SSSR count). The van der Waals surface area contributed by atoms with Crippen molar-refractivity contribution in [3.05, 3.63) is 5.92 Å². The van der Waals surface area contributed by atoms with Crippen LogP contribution in [0.15, 0.2) is 0 Å². The average Bonchev–Trinajstić information content (AvgIpc) is 2.37. The van der Waals surface area contributed by atoms with E-state index in [4.69, 9.17) is 0 Å². The first kappa shape index (κ1) is 5.12. The normalized spacial score (nSPS) is 46.1. The van der Waals surface area contributed by atoms with Crippen LogP contribution in [0.2, 0.25) is 0 Å². The first-order valence-electron chi connectivity index (χ1n) is 3.06. The van der Waals surface area contributed by atoms with Crippen molar-refractivity contribution < 1.29 is 4.55 Å². The molecule has 1 aliphatic carbocycles. The molecule has 2 aliphatic rings. The smallest absolute Gasteiger partial charge is 0.113 e. The summed E-state index contributed by atoms with van der Waals surface area (Å²) < 4.78 is 10.5. The second-order valence-corrected chi connectivity index (χ2v) is 4.17. The number of hydrogen-bond donors (Lipinski definition) is 0. The molecule has 0 aromatic rings. The molecule has 1 nitrogen and oxygen atoms in total. The molecule has 1 heterocycles. The molecule has 0 amide bonds. The van der Waals surface area contributed by atoms with E-state index in [1.165, 1.54) is 12.8 Å². The van der Waals surface area contributed by atoms with Crippen LogP contribution in [0.1, 0.15) is 12.8 Å². The zero-order valence-electron chi connectivity index (χ0n) is 4.72. The Balaban J connectivity index is 1.78. The van der Waals surface area contributed by atoms with Crippen LogP contribution in [0.5, 0.6) is 0 Å². The summed E-state index contributed by atoms with van der Waals surface area (Å²) >= 11 is -0.423. The van der Waals surface area contributed by atoms with Crippen LogP contribution in [0.3, 0.4) is 0 Å². The Kier molecular flexibility index (Phi) is 1.05. The van der Waals surface area contributed by atoms with Gasteiger partial charge in [-0.15, -0.1) is 0 Å². The Morgan fingerprint density at radius 1 is 1.38 bits per heavy atom. The molecule has 1 radical (unpaired) electrons. The van der Waals surface area contributed by atoms with E-state index in [1.807, 2.05) is 0 Å². The minimum atomic E-state index is -0.423. The highest BCUT2D eigenvalue weighted by Gasteiger charge is 2.43. The van der Waals surface area contributed by atoms with E-state index in [9.17, 15) is 4.55 Å². The Bertz CT molecular complexity index is 94.7. The third-order valence-electron chi connectivity index (χ3n) is 1.89. The summed E-state index contributed by atoms with van der Waals surface area (Å²) in [5.41, 5.74) is 0. The third-order valence-corrected chi connectivity index (χ3v) is 3.44. The average molecular weight is 129 g/mol. The lowest BCUT2D eigenvalue weighted by atomic mass is 10.1. The highest BCUT2D eigenvalue weighted by Crippen LogP contribution is 2.44. The van der Waals surface area contributed by atoms with Crippen LogP contribution >= 0.6 is 0 Å². The Hall–Kier alpha value is 0.310. The minimum absolute atomic E-state index is 0.423. The third kappa shape index (κ3) is 0.759. The SMILES string of the molecule is [O-][S@+]1C[C@@H]([C]2CC2)C1. The molecule has 0 N–H and O–H groups in total. The molecular weight excluding hydrogens is 120 g/mol. The van der Waals surface area contributed by atoms with Crippen LogP contribution in [0.25, 0.3) is 0 Å². The highest BCUT2D eigenvalue weighted by molar-refractivity contribution is 7.92. The lowest BCUT2D eigenvalue weighted by molar-refractivity contribution is 0.543. The van der Waals surface area contributed by atoms with Crippen molar-refractivity contribution in [3.63, 3.8) is 0 Å². The van der Waals surface area contributed by atoms with Gasteiger partial charge in [0.05, 0.1) is 5.92 Å². The highest BCUT2D eigenvalue weighted by atomic mass is 32.2. The van der Waals surface area contributed by atoms with Gasteiger partial charge in [0.25, 0.3) is 0 Å². The van der Waals surface area contributed by atoms with Gasteiger partial charge in [0.15, 0.2) is 0 Å². The molecule has 45 valence electrons. The van der Waals surface area contributed by atoms with Crippen molar-refractivity contribution in [2.45, 2.75) is 12.8 Å². The molecule has 0 bridgehead atoms. The fourth-order valence-electron chi connectivity index (χ4n) is 1.12. The van der Waals surface area contributed by atoms with Crippen molar-refractivity contribution in [1.29, 1.82) is 0 Å². The molecular formula is C6H9OS. The fraction of sp³-hybridized carbons (Fsp3) is 0.833. The van der Waals surface area contributed by atoms with Crippen molar-refractivity contribution in [1.82, 2.24) is 0 Å². The molecule has 2 fully saturated rings. The standard InChI is InChI=1S/C6H9OS/c7-8-3-6(4-8)5-1-2-5/h6H,1-4H2/t6-,8-. The van der Waals surface area contributed by atoms with Gasteiger partial charge < -0.3 is 4.55 Å². The van der Waals surface area contributed by atoms with Gasteiger partial charge in [-0.2, -0.15) is 0 Å². The molecule has 1 saturated heterocycles. The van der Waals surface area contributed by atoms with Gasteiger partial charge in [0, 0.05) is 0 Å². The summed E-state index contributed by atoms with van der Waals surface area (Å²) in [5.74, 6) is 4.44. The molecule has 1 aliphatic heterocycles. The maximum Gasteiger partial charge on any atom is 0.113 e. The topological polar surface area (TPSA) is 23.1 Å². The quantitative estimate of drug-likeness (QED) is 0.479. The Morgan fingerprint density at radius 3 is 2.38 bits per heavy atom. The fourth-order valence-corrected chi connectivity index (χ4v) is 2.39. The molecule has 0 aromatic heterocycles. The van der Waals surface area contributed by atoms with E-state index < -0.39 is 11.2 Å². The summed E-state index contributed by atoms with van der Waals surface area (Å²) in [6.45, 7) is 0. The largest absolute Gasteiger partial charge is 0.616 e. The zero-order valence-corrected chi connectivity index (χ0v) is 5.54. The second-order valence-electron chi connectivity index (χ2n) is 2.63. The first-order valence-corrected chi connectivity index (χ1v) is 4.54. The number of rotatable bonds is 1. The second kappa shape index (κ2) is 1.64. The van der Waals surface area contributed by atoms with E-state index in [0.717, 1.165) is 17.4 Å². The Morgan fingerprint density at radius 2 is 2.00 bits per heavy atom. The predicted octanol–water partition coefficient (Wildman–Crippen LogP) is 0.733. The van der Waals surface area contributed by atoms with Crippen molar-refractivity contribution in [2.75, 3.05) is 11.5 Å². The van der Waals surface area contributed by atoms with E-state index >= 15 is 0 Å². The van der Waals surface area contributed by atoms with Gasteiger partial charge in [0.2, 0.25) is 0 Å². The van der Waals surface area contributed by atoms with Crippen LogP contribution in [0, 0.1) is 11.8 Å². The molecule has 2 heteroatoms. The van der Waals surface area contributed by atoms with Crippen molar-refractivity contribution >= 4 is 11.2 Å². The van der Waals surface area contributed by atoms with E-state index in [0.29, 0.717) is 0 Å². The van der Waals surface area contributed by atoms with Gasteiger partial charge >= 0.3 is 0 Å². The molecule has 1 saturated carbocycles. The summed E-state index contributed by atoms with van der Waals surface area (Å²) in [6.07, 6.45) is 2.67. The van der Waals surface area contributed by atoms with Crippen LogP contribution in [0.4, 0.5) is 0 Å². The van der Waals surface area contributed by atoms with E-state index in [1.54, 1.807) is 5.92 Å². The van der Waals surface area contributed by atoms with Gasteiger partial charge in [-0.25, -0.2) is 0 Å². The summed E-state index contributed by atoms with van der Waals surface area (Å²) in [6, 6.07) is 0. The summed E-state index contributed by atoms with van der Waals surface area (Å²) in [5, 5.41) is 0. The van der Waals surface area contributed by atoms with Crippen LogP contribution in [-0.4, -0.2) is 16.1 Å². The van der Waals surface area contributed by atoms with Crippen LogP contribution < -0.4 is 0 Å². The van der Waals surface area contributed by atoms with Crippen molar-refractivity contribution in [3.8, 4) is 0 Å². The van der Waals surface area contributed by atoms with Crippen LogP contribution in [-0.2, 0) is 11.2 Å². The summed E-state index contributed by atoms with van der Waals surface area (Å²) in [4.78, 5) is 0. The molecule has 0 aromatic carbocycles.